The van der Waals surface area contributed by atoms with Crippen molar-refractivity contribution in [1.29, 1.82) is 0 Å². The van der Waals surface area contributed by atoms with E-state index >= 15 is 0 Å². The molecule has 2 rings (SSSR count). The van der Waals surface area contributed by atoms with Gasteiger partial charge in [0.25, 0.3) is 5.56 Å². The average Bonchev–Trinajstić information content (AvgIpc) is 2.38. The summed E-state index contributed by atoms with van der Waals surface area (Å²) in [5.41, 5.74) is -0.128. The van der Waals surface area contributed by atoms with Crippen LogP contribution in [-0.4, -0.2) is 59.6 Å². The van der Waals surface area contributed by atoms with E-state index in [0.29, 0.717) is 19.6 Å². The monoisotopic (exact) mass is 314 g/mol. The number of aliphatic carboxylic acids is 1. The first-order valence-corrected chi connectivity index (χ1v) is 8.51. The van der Waals surface area contributed by atoms with Gasteiger partial charge in [-0.2, -0.15) is 0 Å². The van der Waals surface area contributed by atoms with Gasteiger partial charge in [0, 0.05) is 37.9 Å². The van der Waals surface area contributed by atoms with Crippen LogP contribution in [0.25, 0.3) is 0 Å². The number of nitrogens with zero attached hydrogens (tertiary/aromatic N) is 2. The first-order chi connectivity index (χ1) is 9.87. The standard InChI is InChI=1S/C13H18N2O5S/c16-12-3-1-2-4-15(12)6-5-14-7-8-21(19,20)10-11(14)9-13(17)18/h1-4,11H,5-10H2,(H,17,18). The average molecular weight is 314 g/mol. The van der Waals surface area contributed by atoms with Crippen molar-refractivity contribution < 1.29 is 18.3 Å². The zero-order valence-corrected chi connectivity index (χ0v) is 12.3. The summed E-state index contributed by atoms with van der Waals surface area (Å²) >= 11 is 0. The second-order valence-corrected chi connectivity index (χ2v) is 7.36. The van der Waals surface area contributed by atoms with Crippen LogP contribution in [0.2, 0.25) is 0 Å². The Kier molecular flexibility index (Phi) is 4.79. The molecule has 1 aromatic rings. The zero-order valence-electron chi connectivity index (χ0n) is 11.5. The van der Waals surface area contributed by atoms with Crippen molar-refractivity contribution in [2.24, 2.45) is 0 Å². The van der Waals surface area contributed by atoms with Crippen molar-refractivity contribution in [3.05, 3.63) is 34.7 Å². The predicted molar refractivity (Wildman–Crippen MR) is 77.0 cm³/mol. The fourth-order valence-corrected chi connectivity index (χ4v) is 4.08. The van der Waals surface area contributed by atoms with Crippen molar-refractivity contribution in [3.8, 4) is 0 Å². The number of hydrogen-bond donors (Lipinski definition) is 1. The minimum absolute atomic E-state index is 0.0345. The summed E-state index contributed by atoms with van der Waals surface area (Å²) in [5, 5.41) is 8.91. The van der Waals surface area contributed by atoms with Crippen molar-refractivity contribution in [3.63, 3.8) is 0 Å². The molecule has 0 saturated carbocycles. The molecule has 116 valence electrons. The SMILES string of the molecule is O=C(O)CC1CS(=O)(=O)CCN1CCn1ccccc1=O. The molecule has 1 saturated heterocycles. The van der Waals surface area contributed by atoms with Gasteiger partial charge in [0.2, 0.25) is 0 Å². The van der Waals surface area contributed by atoms with Gasteiger partial charge in [-0.05, 0) is 6.07 Å². The number of aromatic nitrogens is 1. The van der Waals surface area contributed by atoms with Crippen molar-refractivity contribution in [2.45, 2.75) is 19.0 Å². The third-order valence-corrected chi connectivity index (χ3v) is 5.29. The molecule has 0 spiro atoms. The molecule has 0 aromatic carbocycles. The lowest BCUT2D eigenvalue weighted by molar-refractivity contribution is -0.138. The highest BCUT2D eigenvalue weighted by Crippen LogP contribution is 2.14. The summed E-state index contributed by atoms with van der Waals surface area (Å²) in [4.78, 5) is 24.3. The Labute approximate surface area is 122 Å². The molecule has 1 atom stereocenters. The Morgan fingerprint density at radius 3 is 2.76 bits per heavy atom. The topological polar surface area (TPSA) is 96.7 Å². The van der Waals surface area contributed by atoms with Gasteiger partial charge in [-0.15, -0.1) is 0 Å². The van der Waals surface area contributed by atoms with E-state index in [0.717, 1.165) is 0 Å². The van der Waals surface area contributed by atoms with Crippen LogP contribution < -0.4 is 5.56 Å². The van der Waals surface area contributed by atoms with Crippen molar-refractivity contribution in [2.75, 3.05) is 24.6 Å². The number of carboxylic acids is 1. The highest BCUT2D eigenvalue weighted by molar-refractivity contribution is 7.91. The molecule has 1 unspecified atom stereocenters. The molecule has 21 heavy (non-hydrogen) atoms. The smallest absolute Gasteiger partial charge is 0.304 e. The maximum atomic E-state index is 11.6. The minimum atomic E-state index is -3.18. The van der Waals surface area contributed by atoms with Gasteiger partial charge in [-0.1, -0.05) is 6.07 Å². The summed E-state index contributed by atoms with van der Waals surface area (Å²) in [7, 11) is -3.18. The van der Waals surface area contributed by atoms with E-state index in [-0.39, 0.29) is 23.5 Å². The number of rotatable bonds is 5. The molecule has 1 aliphatic heterocycles. The lowest BCUT2D eigenvalue weighted by Gasteiger charge is -2.34. The van der Waals surface area contributed by atoms with E-state index in [2.05, 4.69) is 0 Å². The Hall–Kier alpha value is -1.67. The molecule has 1 N–H and O–H groups in total. The lowest BCUT2D eigenvalue weighted by atomic mass is 10.2. The lowest BCUT2D eigenvalue weighted by Crippen LogP contribution is -2.50. The van der Waals surface area contributed by atoms with Gasteiger partial charge in [-0.25, -0.2) is 8.42 Å². The molecule has 7 nitrogen and oxygen atoms in total. The van der Waals surface area contributed by atoms with E-state index in [1.807, 2.05) is 4.90 Å². The largest absolute Gasteiger partial charge is 0.481 e. The molecule has 8 heteroatoms. The number of hydrogen-bond acceptors (Lipinski definition) is 5. The van der Waals surface area contributed by atoms with Gasteiger partial charge >= 0.3 is 5.97 Å². The number of carbonyl (C=O) groups is 1. The number of pyridine rings is 1. The van der Waals surface area contributed by atoms with E-state index in [1.54, 1.807) is 18.3 Å². The van der Waals surface area contributed by atoms with Gasteiger partial charge in [0.15, 0.2) is 9.84 Å². The van der Waals surface area contributed by atoms with Crippen molar-refractivity contribution >= 4 is 15.8 Å². The van der Waals surface area contributed by atoms with Gasteiger partial charge in [0.1, 0.15) is 0 Å². The van der Waals surface area contributed by atoms with Crippen LogP contribution in [0.5, 0.6) is 0 Å². The first kappa shape index (κ1) is 15.7. The van der Waals surface area contributed by atoms with Crippen LogP contribution in [-0.2, 0) is 21.2 Å². The Balaban J connectivity index is 2.05. The molecule has 0 aliphatic carbocycles. The first-order valence-electron chi connectivity index (χ1n) is 6.69. The molecular weight excluding hydrogens is 296 g/mol. The second kappa shape index (κ2) is 6.40. The molecule has 0 amide bonds. The van der Waals surface area contributed by atoms with E-state index in [1.165, 1.54) is 10.6 Å². The van der Waals surface area contributed by atoms with Gasteiger partial charge < -0.3 is 9.67 Å². The Morgan fingerprint density at radius 2 is 2.10 bits per heavy atom. The normalized spacial score (nSPS) is 22.0. The fraction of sp³-hybridized carbons (Fsp3) is 0.538. The van der Waals surface area contributed by atoms with Crippen LogP contribution in [0.1, 0.15) is 6.42 Å². The maximum absolute atomic E-state index is 11.6. The molecule has 1 fully saturated rings. The van der Waals surface area contributed by atoms with Crippen LogP contribution in [0.3, 0.4) is 0 Å². The van der Waals surface area contributed by atoms with Crippen LogP contribution in [0, 0.1) is 0 Å². The summed E-state index contributed by atoms with van der Waals surface area (Å²) in [6, 6.07) is 4.33. The quantitative estimate of drug-likeness (QED) is 0.781. The molecule has 2 heterocycles. The Bertz CT molecular complexity index is 667. The Morgan fingerprint density at radius 1 is 1.33 bits per heavy atom. The highest BCUT2D eigenvalue weighted by atomic mass is 32.2. The molecular formula is C13H18N2O5S. The van der Waals surface area contributed by atoms with E-state index in [9.17, 15) is 18.0 Å². The summed E-state index contributed by atoms with van der Waals surface area (Å²) in [6.45, 7) is 1.18. The molecule has 0 radical (unpaired) electrons. The third kappa shape index (κ3) is 4.40. The van der Waals surface area contributed by atoms with Crippen molar-refractivity contribution in [1.82, 2.24) is 9.47 Å². The minimum Gasteiger partial charge on any atom is -0.481 e. The maximum Gasteiger partial charge on any atom is 0.304 e. The number of sulfone groups is 1. The summed E-state index contributed by atoms with van der Waals surface area (Å²) < 4.78 is 24.8. The second-order valence-electron chi connectivity index (χ2n) is 5.13. The molecule has 0 bridgehead atoms. The molecule has 1 aromatic heterocycles. The van der Waals surface area contributed by atoms with E-state index < -0.39 is 21.8 Å². The third-order valence-electron chi connectivity index (χ3n) is 3.59. The number of carboxylic acid groups (broad SMARTS) is 1. The van der Waals surface area contributed by atoms with Crippen LogP contribution in [0.15, 0.2) is 29.2 Å². The van der Waals surface area contributed by atoms with Crippen LogP contribution in [0.4, 0.5) is 0 Å². The summed E-state index contributed by atoms with van der Waals surface area (Å²) in [5.74, 6) is -1.12. The van der Waals surface area contributed by atoms with E-state index in [4.69, 9.17) is 5.11 Å². The fourth-order valence-electron chi connectivity index (χ4n) is 2.49. The summed E-state index contributed by atoms with van der Waals surface area (Å²) in [6.07, 6.45) is 1.46. The highest BCUT2D eigenvalue weighted by Gasteiger charge is 2.32. The van der Waals surface area contributed by atoms with Gasteiger partial charge in [-0.3, -0.25) is 14.5 Å². The van der Waals surface area contributed by atoms with Crippen LogP contribution >= 0.6 is 0 Å². The van der Waals surface area contributed by atoms with Gasteiger partial charge in [0.05, 0.1) is 17.9 Å². The molecule has 1 aliphatic rings. The predicted octanol–water partition coefficient (Wildman–Crippen LogP) is -0.578. The zero-order chi connectivity index (χ0) is 15.5.